The van der Waals surface area contributed by atoms with Crippen LogP contribution in [0.25, 0.3) is 0 Å². The molecule has 178 valence electrons. The van der Waals surface area contributed by atoms with E-state index >= 15 is 0 Å². The fraction of sp³-hybridized carbons (Fsp3) is 0.364. The Morgan fingerprint density at radius 2 is 1.76 bits per heavy atom. The van der Waals surface area contributed by atoms with Gasteiger partial charge in [0, 0.05) is 31.7 Å². The van der Waals surface area contributed by atoms with Gasteiger partial charge in [-0.25, -0.2) is 8.42 Å². The van der Waals surface area contributed by atoms with Gasteiger partial charge >= 0.3 is 0 Å². The number of oxime groups is 1. The van der Waals surface area contributed by atoms with Gasteiger partial charge in [0.1, 0.15) is 0 Å². The van der Waals surface area contributed by atoms with E-state index in [9.17, 15) is 13.2 Å². The van der Waals surface area contributed by atoms with Crippen molar-refractivity contribution in [2.24, 2.45) is 5.16 Å². The third kappa shape index (κ3) is 5.76. The number of carbonyl (C=O) groups is 1. The van der Waals surface area contributed by atoms with Gasteiger partial charge in [0.25, 0.3) is 5.91 Å². The maximum atomic E-state index is 12.7. The second-order valence-corrected chi connectivity index (χ2v) is 9.61. The van der Waals surface area contributed by atoms with Crippen molar-refractivity contribution in [1.29, 1.82) is 0 Å². The fourth-order valence-electron chi connectivity index (χ4n) is 3.39. The first-order valence-electron chi connectivity index (χ1n) is 10.2. The fourth-order valence-corrected chi connectivity index (χ4v) is 5.13. The molecule has 1 heterocycles. The van der Waals surface area contributed by atoms with Gasteiger partial charge in [-0.15, -0.1) is 0 Å². The number of piperazine rings is 1. The van der Waals surface area contributed by atoms with Crippen molar-refractivity contribution in [3.63, 3.8) is 0 Å². The topological polar surface area (TPSA) is 97.7 Å². The summed E-state index contributed by atoms with van der Waals surface area (Å²) in [6.07, 6.45) is 0.580. The Kier molecular flexibility index (Phi) is 8.17. The molecular weight excluding hydrogens is 470 g/mol. The number of methoxy groups -OCH3 is 2. The molecule has 33 heavy (non-hydrogen) atoms. The minimum atomic E-state index is -3.58. The number of amides is 1. The second-order valence-electron chi connectivity index (χ2n) is 7.26. The minimum Gasteiger partial charge on any atom is -0.493 e. The molecule has 0 spiro atoms. The number of benzene rings is 2. The first-order valence-corrected chi connectivity index (χ1v) is 12.0. The molecule has 0 N–H and O–H groups in total. The number of carbonyl (C=O) groups excluding carboxylic acids is 1. The molecule has 2 aromatic rings. The number of halogens is 1. The Balaban J connectivity index is 1.56. The summed E-state index contributed by atoms with van der Waals surface area (Å²) in [7, 11) is -0.592. The molecule has 0 aromatic heterocycles. The summed E-state index contributed by atoms with van der Waals surface area (Å²) < 4.78 is 37.3. The lowest BCUT2D eigenvalue weighted by atomic mass is 10.2. The van der Waals surface area contributed by atoms with Crippen LogP contribution in [0.2, 0.25) is 5.02 Å². The maximum Gasteiger partial charge on any atom is 0.266 e. The second kappa shape index (κ2) is 10.9. The van der Waals surface area contributed by atoms with Gasteiger partial charge in [0.05, 0.1) is 30.4 Å². The summed E-state index contributed by atoms with van der Waals surface area (Å²) in [5, 5.41) is 4.24. The molecule has 1 aliphatic rings. The summed E-state index contributed by atoms with van der Waals surface area (Å²) in [6, 6.07) is 11.6. The number of hydrogen-bond acceptors (Lipinski definition) is 7. The van der Waals surface area contributed by atoms with Crippen LogP contribution in [0.15, 0.2) is 52.5 Å². The predicted molar refractivity (Wildman–Crippen MR) is 124 cm³/mol. The molecule has 1 aliphatic heterocycles. The average molecular weight is 496 g/mol. The van der Waals surface area contributed by atoms with E-state index in [0.29, 0.717) is 22.1 Å². The van der Waals surface area contributed by atoms with E-state index in [4.69, 9.17) is 25.9 Å². The van der Waals surface area contributed by atoms with Crippen LogP contribution in [0.4, 0.5) is 0 Å². The van der Waals surface area contributed by atoms with Gasteiger partial charge < -0.3 is 19.2 Å². The summed E-state index contributed by atoms with van der Waals surface area (Å²) in [4.78, 5) is 19.8. The van der Waals surface area contributed by atoms with Crippen molar-refractivity contribution in [1.82, 2.24) is 9.21 Å². The Bertz CT molecular complexity index is 1100. The molecule has 1 fully saturated rings. The SMILES string of the molecule is COc1cc(/C=N/OC(C)C(=O)N2CCN(S(=O)(=O)c3ccccc3)CC2)cc(Cl)c1OC. The van der Waals surface area contributed by atoms with E-state index in [-0.39, 0.29) is 37.0 Å². The molecule has 1 unspecified atom stereocenters. The van der Waals surface area contributed by atoms with Crippen LogP contribution in [0.3, 0.4) is 0 Å². The van der Waals surface area contributed by atoms with E-state index in [1.54, 1.807) is 54.3 Å². The van der Waals surface area contributed by atoms with Crippen LogP contribution in [-0.2, 0) is 19.7 Å². The highest BCUT2D eigenvalue weighted by atomic mass is 35.5. The van der Waals surface area contributed by atoms with Crippen molar-refractivity contribution in [2.75, 3.05) is 40.4 Å². The predicted octanol–water partition coefficient (Wildman–Crippen LogP) is 2.63. The van der Waals surface area contributed by atoms with Gasteiger partial charge in [0.15, 0.2) is 11.5 Å². The van der Waals surface area contributed by atoms with Gasteiger partial charge in [-0.2, -0.15) is 4.31 Å². The van der Waals surface area contributed by atoms with Crippen molar-refractivity contribution in [3.05, 3.63) is 53.1 Å². The Labute approximate surface area is 198 Å². The molecule has 0 saturated carbocycles. The van der Waals surface area contributed by atoms with Crippen LogP contribution < -0.4 is 9.47 Å². The van der Waals surface area contributed by atoms with Crippen molar-refractivity contribution in [3.8, 4) is 11.5 Å². The molecule has 0 bridgehead atoms. The van der Waals surface area contributed by atoms with Crippen LogP contribution >= 0.6 is 11.6 Å². The molecule has 2 aromatic carbocycles. The molecule has 1 atom stereocenters. The van der Waals surface area contributed by atoms with E-state index in [1.807, 2.05) is 0 Å². The summed E-state index contributed by atoms with van der Waals surface area (Å²) in [5.74, 6) is 0.586. The molecular formula is C22H26ClN3O6S. The number of ether oxygens (including phenoxy) is 2. The van der Waals surface area contributed by atoms with Gasteiger partial charge in [-0.1, -0.05) is 35.0 Å². The van der Waals surface area contributed by atoms with E-state index < -0.39 is 16.1 Å². The number of hydrogen-bond donors (Lipinski definition) is 0. The summed E-state index contributed by atoms with van der Waals surface area (Å²) >= 11 is 6.17. The Morgan fingerprint density at radius 1 is 1.09 bits per heavy atom. The van der Waals surface area contributed by atoms with Crippen molar-refractivity contribution in [2.45, 2.75) is 17.9 Å². The van der Waals surface area contributed by atoms with Crippen LogP contribution in [0, 0.1) is 0 Å². The zero-order chi connectivity index (χ0) is 24.0. The molecule has 0 radical (unpaired) electrons. The molecule has 1 amide bonds. The zero-order valence-electron chi connectivity index (χ0n) is 18.6. The third-order valence-corrected chi connectivity index (χ3v) is 7.35. The van der Waals surface area contributed by atoms with Crippen LogP contribution in [0.5, 0.6) is 11.5 Å². The quantitative estimate of drug-likeness (QED) is 0.412. The van der Waals surface area contributed by atoms with Crippen LogP contribution in [-0.4, -0.2) is 76.2 Å². The number of nitrogens with zero attached hydrogens (tertiary/aromatic N) is 3. The Morgan fingerprint density at radius 3 is 2.36 bits per heavy atom. The highest BCUT2D eigenvalue weighted by molar-refractivity contribution is 7.89. The maximum absolute atomic E-state index is 12.7. The minimum absolute atomic E-state index is 0.211. The first kappa shape index (κ1) is 24.8. The monoisotopic (exact) mass is 495 g/mol. The Hall–Kier alpha value is -2.82. The summed E-state index contributed by atoms with van der Waals surface area (Å²) in [6.45, 7) is 2.56. The third-order valence-electron chi connectivity index (χ3n) is 5.16. The van der Waals surface area contributed by atoms with E-state index in [1.165, 1.54) is 24.7 Å². The van der Waals surface area contributed by atoms with Gasteiger partial charge in [0.2, 0.25) is 16.1 Å². The highest BCUT2D eigenvalue weighted by Crippen LogP contribution is 2.35. The van der Waals surface area contributed by atoms with Crippen LogP contribution in [0.1, 0.15) is 12.5 Å². The lowest BCUT2D eigenvalue weighted by Gasteiger charge is -2.34. The standard InChI is InChI=1S/C22H26ClN3O6S/c1-16(32-24-15-17-13-19(23)21(31-3)20(14-17)30-2)22(27)25-9-11-26(12-10-25)33(28,29)18-7-5-4-6-8-18/h4-8,13-16H,9-12H2,1-3H3/b24-15+. The van der Waals surface area contributed by atoms with Crippen molar-refractivity contribution >= 4 is 33.7 Å². The smallest absolute Gasteiger partial charge is 0.266 e. The largest absolute Gasteiger partial charge is 0.493 e. The first-order chi connectivity index (χ1) is 15.8. The highest BCUT2D eigenvalue weighted by Gasteiger charge is 2.32. The number of rotatable bonds is 8. The number of sulfonamides is 1. The summed E-state index contributed by atoms with van der Waals surface area (Å²) in [5.41, 5.74) is 0.608. The normalized spacial score (nSPS) is 15.9. The molecule has 0 aliphatic carbocycles. The van der Waals surface area contributed by atoms with E-state index in [0.717, 1.165) is 0 Å². The molecule has 9 nitrogen and oxygen atoms in total. The van der Waals surface area contributed by atoms with E-state index in [2.05, 4.69) is 5.16 Å². The molecule has 3 rings (SSSR count). The zero-order valence-corrected chi connectivity index (χ0v) is 20.2. The lowest BCUT2D eigenvalue weighted by Crippen LogP contribution is -2.52. The molecule has 1 saturated heterocycles. The lowest BCUT2D eigenvalue weighted by molar-refractivity contribution is -0.143. The van der Waals surface area contributed by atoms with Gasteiger partial charge in [-0.3, -0.25) is 4.79 Å². The molecule has 11 heteroatoms. The van der Waals surface area contributed by atoms with Crippen molar-refractivity contribution < 1.29 is 27.5 Å². The van der Waals surface area contributed by atoms with Gasteiger partial charge in [-0.05, 0) is 31.2 Å². The average Bonchev–Trinajstić information content (AvgIpc) is 2.83.